The molecule has 0 aliphatic carbocycles. The smallest absolute Gasteiger partial charge is 0.220 e. The van der Waals surface area contributed by atoms with Crippen molar-refractivity contribution in [1.82, 2.24) is 9.88 Å². The van der Waals surface area contributed by atoms with Crippen LogP contribution >= 0.6 is 0 Å². The molecular weight excluding hydrogens is 250 g/mol. The Kier molecular flexibility index (Phi) is 4.96. The quantitative estimate of drug-likeness (QED) is 0.845. The molecule has 2 rings (SSSR count). The monoisotopic (exact) mass is 271 g/mol. The van der Waals surface area contributed by atoms with E-state index in [1.165, 1.54) is 0 Å². The van der Waals surface area contributed by atoms with Gasteiger partial charge in [0.25, 0.3) is 0 Å². The number of hydrogen-bond donors (Lipinski definition) is 2. The third-order valence-electron chi connectivity index (χ3n) is 3.43. The van der Waals surface area contributed by atoms with Crippen molar-refractivity contribution in [3.8, 4) is 0 Å². The maximum Gasteiger partial charge on any atom is 0.220 e. The Hall–Kier alpha value is -2.07. The number of aryl methyl sites for hydroxylation is 1. The zero-order chi connectivity index (χ0) is 14.4. The molecule has 3 N–H and O–H groups in total. The van der Waals surface area contributed by atoms with Crippen LogP contribution in [0, 0.1) is 0 Å². The van der Waals surface area contributed by atoms with Crippen LogP contribution in [0.1, 0.15) is 30.1 Å². The summed E-state index contributed by atoms with van der Waals surface area (Å²) in [5.41, 5.74) is 8.23. The van der Waals surface area contributed by atoms with E-state index in [0.717, 1.165) is 11.3 Å². The molecule has 106 valence electrons. The van der Waals surface area contributed by atoms with Gasteiger partial charge in [-0.2, -0.15) is 0 Å². The van der Waals surface area contributed by atoms with Crippen molar-refractivity contribution < 1.29 is 4.79 Å². The summed E-state index contributed by atoms with van der Waals surface area (Å²) in [6, 6.07) is 13.7. The molecule has 0 aliphatic rings. The summed E-state index contributed by atoms with van der Waals surface area (Å²) >= 11 is 0. The number of aromatic nitrogens is 1. The Morgan fingerprint density at radius 2 is 2.00 bits per heavy atom. The number of rotatable bonds is 6. The lowest BCUT2D eigenvalue weighted by Crippen LogP contribution is -2.25. The number of amides is 1. The van der Waals surface area contributed by atoms with Crippen LogP contribution in [0.4, 0.5) is 0 Å². The topological polar surface area (TPSA) is 60.0 Å². The number of nitrogens with one attached hydrogen (secondary N) is 1. The highest BCUT2D eigenvalue weighted by Gasteiger charge is 2.09. The van der Waals surface area contributed by atoms with Gasteiger partial charge in [-0.05, 0) is 24.1 Å². The number of benzene rings is 1. The lowest BCUT2D eigenvalue weighted by molar-refractivity contribution is -0.121. The van der Waals surface area contributed by atoms with Gasteiger partial charge in [-0.1, -0.05) is 30.3 Å². The van der Waals surface area contributed by atoms with E-state index in [9.17, 15) is 4.79 Å². The normalized spacial score (nSPS) is 12.1. The molecular formula is C16H21N3O. The minimum absolute atomic E-state index is 0.0394. The minimum atomic E-state index is -0.0861. The molecule has 0 saturated heterocycles. The van der Waals surface area contributed by atoms with Gasteiger partial charge in [0.2, 0.25) is 5.91 Å². The molecule has 1 aromatic heterocycles. The fraction of sp³-hybridized carbons (Fsp3) is 0.312. The van der Waals surface area contributed by atoms with Crippen LogP contribution in [-0.4, -0.2) is 10.5 Å². The Balaban J connectivity index is 1.74. The zero-order valence-electron chi connectivity index (χ0n) is 11.8. The van der Waals surface area contributed by atoms with Crippen molar-refractivity contribution in [3.63, 3.8) is 0 Å². The maximum atomic E-state index is 11.8. The van der Waals surface area contributed by atoms with E-state index >= 15 is 0 Å². The summed E-state index contributed by atoms with van der Waals surface area (Å²) in [5, 5.41) is 2.92. The first-order chi connectivity index (χ1) is 9.66. The molecule has 4 heteroatoms. The van der Waals surface area contributed by atoms with Crippen molar-refractivity contribution in [2.75, 3.05) is 0 Å². The number of carbonyl (C=O) groups excluding carboxylic acids is 1. The molecule has 1 unspecified atom stereocenters. The largest absolute Gasteiger partial charge is 0.353 e. The van der Waals surface area contributed by atoms with Crippen LogP contribution in [-0.2, 0) is 18.4 Å². The van der Waals surface area contributed by atoms with E-state index in [4.69, 9.17) is 5.73 Å². The standard InChI is InChI=1S/C16H21N3O/c1-19-11-5-8-14(19)12-18-16(20)10-9-15(17)13-6-3-2-4-7-13/h2-8,11,15H,9-10,12,17H2,1H3,(H,18,20). The SMILES string of the molecule is Cn1cccc1CNC(=O)CCC(N)c1ccccc1. The van der Waals surface area contributed by atoms with Crippen molar-refractivity contribution in [2.45, 2.75) is 25.4 Å². The van der Waals surface area contributed by atoms with Crippen molar-refractivity contribution in [2.24, 2.45) is 12.8 Å². The molecule has 0 spiro atoms. The molecule has 0 aliphatic heterocycles. The van der Waals surface area contributed by atoms with Crippen molar-refractivity contribution >= 4 is 5.91 Å². The summed E-state index contributed by atoms with van der Waals surface area (Å²) in [6.45, 7) is 0.558. The van der Waals surface area contributed by atoms with Gasteiger partial charge in [0.05, 0.1) is 6.54 Å². The number of nitrogens with two attached hydrogens (primary N) is 1. The zero-order valence-corrected chi connectivity index (χ0v) is 11.8. The van der Waals surface area contributed by atoms with Gasteiger partial charge < -0.3 is 15.6 Å². The average molecular weight is 271 g/mol. The Morgan fingerprint density at radius 3 is 2.65 bits per heavy atom. The van der Waals surface area contributed by atoms with Gasteiger partial charge in [0.15, 0.2) is 0 Å². The highest BCUT2D eigenvalue weighted by Crippen LogP contribution is 2.14. The number of carbonyl (C=O) groups is 1. The van der Waals surface area contributed by atoms with Crippen LogP contribution < -0.4 is 11.1 Å². The lowest BCUT2D eigenvalue weighted by atomic mass is 10.0. The summed E-state index contributed by atoms with van der Waals surface area (Å²) in [6.07, 6.45) is 3.07. The fourth-order valence-corrected chi connectivity index (χ4v) is 2.11. The first-order valence-corrected chi connectivity index (χ1v) is 6.84. The van der Waals surface area contributed by atoms with Gasteiger partial charge in [-0.15, -0.1) is 0 Å². The Morgan fingerprint density at radius 1 is 1.25 bits per heavy atom. The second kappa shape index (κ2) is 6.91. The fourth-order valence-electron chi connectivity index (χ4n) is 2.11. The van der Waals surface area contributed by atoms with Gasteiger partial charge >= 0.3 is 0 Å². The molecule has 0 fully saturated rings. The van der Waals surface area contributed by atoms with Crippen LogP contribution in [0.3, 0.4) is 0 Å². The number of hydrogen-bond acceptors (Lipinski definition) is 2. The van der Waals surface area contributed by atoms with E-state index in [2.05, 4.69) is 5.32 Å². The first kappa shape index (κ1) is 14.3. The Bertz CT molecular complexity index is 548. The maximum absolute atomic E-state index is 11.8. The molecule has 1 atom stereocenters. The molecule has 1 aromatic carbocycles. The van der Waals surface area contributed by atoms with Gasteiger partial charge in [0, 0.05) is 31.4 Å². The first-order valence-electron chi connectivity index (χ1n) is 6.84. The second-order valence-electron chi connectivity index (χ2n) is 4.94. The third-order valence-corrected chi connectivity index (χ3v) is 3.43. The van der Waals surface area contributed by atoms with Crippen LogP contribution in [0.25, 0.3) is 0 Å². The highest BCUT2D eigenvalue weighted by molar-refractivity contribution is 5.75. The molecule has 20 heavy (non-hydrogen) atoms. The molecule has 0 radical (unpaired) electrons. The molecule has 1 heterocycles. The van der Waals surface area contributed by atoms with Crippen LogP contribution in [0.15, 0.2) is 48.7 Å². The molecule has 1 amide bonds. The Labute approximate surface area is 119 Å². The molecule has 2 aromatic rings. The van der Waals surface area contributed by atoms with E-state index in [-0.39, 0.29) is 11.9 Å². The van der Waals surface area contributed by atoms with Crippen molar-refractivity contribution in [3.05, 3.63) is 59.9 Å². The average Bonchev–Trinajstić information content (AvgIpc) is 2.89. The van der Waals surface area contributed by atoms with Gasteiger partial charge in [-0.25, -0.2) is 0 Å². The summed E-state index contributed by atoms with van der Waals surface area (Å²) in [7, 11) is 1.97. The van der Waals surface area contributed by atoms with Gasteiger partial charge in [-0.3, -0.25) is 4.79 Å². The van der Waals surface area contributed by atoms with Gasteiger partial charge in [0.1, 0.15) is 0 Å². The van der Waals surface area contributed by atoms with Crippen LogP contribution in [0.5, 0.6) is 0 Å². The highest BCUT2D eigenvalue weighted by atomic mass is 16.1. The number of nitrogens with zero attached hydrogens (tertiary/aromatic N) is 1. The summed E-state index contributed by atoms with van der Waals surface area (Å²) in [5.74, 6) is 0.0394. The van der Waals surface area contributed by atoms with E-state index in [0.29, 0.717) is 19.4 Å². The van der Waals surface area contributed by atoms with E-state index < -0.39 is 0 Å². The third kappa shape index (κ3) is 3.96. The predicted molar refractivity (Wildman–Crippen MR) is 79.9 cm³/mol. The summed E-state index contributed by atoms with van der Waals surface area (Å²) in [4.78, 5) is 11.8. The van der Waals surface area contributed by atoms with Crippen molar-refractivity contribution in [1.29, 1.82) is 0 Å². The summed E-state index contributed by atoms with van der Waals surface area (Å²) < 4.78 is 2.00. The second-order valence-corrected chi connectivity index (χ2v) is 4.94. The molecule has 0 bridgehead atoms. The molecule has 4 nitrogen and oxygen atoms in total. The minimum Gasteiger partial charge on any atom is -0.353 e. The van der Waals surface area contributed by atoms with Crippen LogP contribution in [0.2, 0.25) is 0 Å². The predicted octanol–water partition coefficient (Wildman–Crippen LogP) is 2.12. The molecule has 0 saturated carbocycles. The van der Waals surface area contributed by atoms with E-state index in [1.54, 1.807) is 0 Å². The van der Waals surface area contributed by atoms with E-state index in [1.807, 2.05) is 60.3 Å². The lowest BCUT2D eigenvalue weighted by Gasteiger charge is -2.12.